The smallest absolute Gasteiger partial charge is 0.271 e. The maximum absolute atomic E-state index is 13.4. The third kappa shape index (κ3) is 4.50. The molecule has 2 bridgehead atoms. The largest absolute Gasteiger partial charge is 0.355 e. The lowest BCUT2D eigenvalue weighted by molar-refractivity contribution is -0.384. The van der Waals surface area contributed by atoms with Crippen LogP contribution in [0.15, 0.2) is 121 Å². The van der Waals surface area contributed by atoms with Crippen LogP contribution in [0.1, 0.15) is 50.0 Å². The van der Waals surface area contributed by atoms with Crippen molar-refractivity contribution in [3.05, 3.63) is 165 Å². The minimum atomic E-state index is -0.403. The maximum Gasteiger partial charge on any atom is 0.271 e. The van der Waals surface area contributed by atoms with E-state index in [1.807, 2.05) is 79.7 Å². The number of nitrogens with one attached hydrogen (secondary N) is 2. The van der Waals surface area contributed by atoms with Crippen molar-refractivity contribution in [2.75, 3.05) is 10.6 Å². The van der Waals surface area contributed by atoms with E-state index in [2.05, 4.69) is 35.4 Å². The van der Waals surface area contributed by atoms with Crippen molar-refractivity contribution in [1.29, 1.82) is 0 Å². The maximum atomic E-state index is 13.4. The number of amides is 1. The summed E-state index contributed by atoms with van der Waals surface area (Å²) in [5, 5.41) is 18.1. The number of anilines is 3. The van der Waals surface area contributed by atoms with Gasteiger partial charge >= 0.3 is 0 Å². The Bertz CT molecular complexity index is 1750. The van der Waals surface area contributed by atoms with Gasteiger partial charge in [-0.05, 0) is 65.1 Å². The lowest BCUT2D eigenvalue weighted by Gasteiger charge is -2.36. The third-order valence-corrected chi connectivity index (χ3v) is 7.49. The number of nitro benzene ring substituents is 1. The summed E-state index contributed by atoms with van der Waals surface area (Å²) >= 11 is 0. The van der Waals surface area contributed by atoms with Gasteiger partial charge in [-0.3, -0.25) is 14.9 Å². The second-order valence-corrected chi connectivity index (χ2v) is 10.1. The van der Waals surface area contributed by atoms with Gasteiger partial charge in [0.1, 0.15) is 0 Å². The van der Waals surface area contributed by atoms with Gasteiger partial charge in [0.15, 0.2) is 0 Å². The van der Waals surface area contributed by atoms with Crippen LogP contribution in [-0.2, 0) is 0 Å². The zero-order valence-corrected chi connectivity index (χ0v) is 21.9. The van der Waals surface area contributed by atoms with E-state index in [1.54, 1.807) is 6.07 Å². The Hall–Kier alpha value is -5.23. The molecule has 0 fully saturated rings. The number of carbonyl (C=O) groups excluding carboxylic acids is 1. The van der Waals surface area contributed by atoms with Crippen LogP contribution < -0.4 is 10.6 Å². The molecule has 2 atom stereocenters. The van der Waals surface area contributed by atoms with Crippen LogP contribution in [-0.4, -0.2) is 10.8 Å². The number of nitrogens with zero attached hydrogens (tertiary/aromatic N) is 1. The van der Waals surface area contributed by atoms with Crippen LogP contribution in [0, 0.1) is 17.0 Å². The lowest BCUT2D eigenvalue weighted by atomic mass is 9.69. The van der Waals surface area contributed by atoms with Gasteiger partial charge in [0.2, 0.25) is 0 Å². The summed E-state index contributed by atoms with van der Waals surface area (Å²) in [4.78, 5) is 24.5. The molecule has 2 N–H and O–H groups in total. The normalized spacial score (nSPS) is 18.4. The van der Waals surface area contributed by atoms with Crippen molar-refractivity contribution in [2.24, 2.45) is 0 Å². The number of allylic oxidation sites excluding steroid dienone is 5. The quantitative estimate of drug-likeness (QED) is 0.203. The summed E-state index contributed by atoms with van der Waals surface area (Å²) in [6.45, 7) is 6.40. The predicted octanol–water partition coefficient (Wildman–Crippen LogP) is 8.16. The molecule has 6 rings (SSSR count). The van der Waals surface area contributed by atoms with Gasteiger partial charge in [-0.25, -0.2) is 0 Å². The van der Waals surface area contributed by atoms with E-state index in [0.29, 0.717) is 11.3 Å². The fraction of sp³-hybridized carbons (Fsp3) is 0.0882. The molecule has 0 saturated heterocycles. The van der Waals surface area contributed by atoms with Gasteiger partial charge in [-0.15, -0.1) is 0 Å². The minimum Gasteiger partial charge on any atom is -0.355 e. The Kier molecular flexibility index (Phi) is 6.36. The fourth-order valence-corrected chi connectivity index (χ4v) is 5.74. The molecule has 1 amide bonds. The first-order valence-electron chi connectivity index (χ1n) is 13.1. The molecule has 4 aromatic carbocycles. The van der Waals surface area contributed by atoms with E-state index < -0.39 is 4.92 Å². The molecule has 0 saturated carbocycles. The monoisotopic (exact) mass is 525 g/mol. The van der Waals surface area contributed by atoms with Gasteiger partial charge in [0.05, 0.1) is 4.92 Å². The molecule has 2 aliphatic carbocycles. The zero-order valence-electron chi connectivity index (χ0n) is 21.9. The fourth-order valence-electron chi connectivity index (χ4n) is 5.74. The van der Waals surface area contributed by atoms with Crippen LogP contribution in [0.25, 0.3) is 0 Å². The second-order valence-electron chi connectivity index (χ2n) is 10.1. The first-order valence-corrected chi connectivity index (χ1v) is 13.1. The number of hydrogen-bond donors (Lipinski definition) is 2. The van der Waals surface area contributed by atoms with Crippen LogP contribution >= 0.6 is 0 Å². The molecule has 6 heteroatoms. The van der Waals surface area contributed by atoms with Gasteiger partial charge in [-0.1, -0.05) is 78.9 Å². The van der Waals surface area contributed by atoms with Gasteiger partial charge < -0.3 is 10.6 Å². The van der Waals surface area contributed by atoms with Crippen molar-refractivity contribution in [3.8, 4) is 0 Å². The van der Waals surface area contributed by atoms with Crippen molar-refractivity contribution < 1.29 is 9.72 Å². The third-order valence-electron chi connectivity index (χ3n) is 7.49. The van der Waals surface area contributed by atoms with E-state index in [-0.39, 0.29) is 23.4 Å². The lowest BCUT2D eigenvalue weighted by Crippen LogP contribution is -2.23. The van der Waals surface area contributed by atoms with E-state index >= 15 is 0 Å². The predicted molar refractivity (Wildman–Crippen MR) is 160 cm³/mol. The molecule has 0 spiro atoms. The average molecular weight is 526 g/mol. The van der Waals surface area contributed by atoms with Crippen LogP contribution in [0.5, 0.6) is 0 Å². The Labute approximate surface area is 232 Å². The Balaban J connectivity index is 1.55. The average Bonchev–Trinajstić information content (AvgIpc) is 3.07. The summed E-state index contributed by atoms with van der Waals surface area (Å²) in [5.41, 5.74) is 8.89. The molecule has 2 unspecified atom stereocenters. The summed E-state index contributed by atoms with van der Waals surface area (Å²) in [6, 6.07) is 26.1. The number of non-ortho nitro benzene ring substituents is 1. The van der Waals surface area contributed by atoms with Gasteiger partial charge in [0, 0.05) is 46.6 Å². The first kappa shape index (κ1) is 25.1. The number of rotatable bonds is 5. The van der Waals surface area contributed by atoms with Crippen molar-refractivity contribution in [3.63, 3.8) is 0 Å². The molecule has 0 aliphatic heterocycles. The highest BCUT2D eigenvalue weighted by molar-refractivity contribution is 6.05. The summed E-state index contributed by atoms with van der Waals surface area (Å²) in [7, 11) is 0. The molecule has 0 heterocycles. The number of carbonyl (C=O) groups is 1. The van der Waals surface area contributed by atoms with Crippen molar-refractivity contribution in [2.45, 2.75) is 18.8 Å². The summed E-state index contributed by atoms with van der Waals surface area (Å²) in [5.74, 6) is -0.497. The van der Waals surface area contributed by atoms with Crippen molar-refractivity contribution in [1.82, 2.24) is 0 Å². The molecular weight excluding hydrogens is 498 g/mol. The van der Waals surface area contributed by atoms with Crippen LogP contribution in [0.2, 0.25) is 0 Å². The highest BCUT2D eigenvalue weighted by Crippen LogP contribution is 2.53. The molecule has 0 aromatic heterocycles. The Morgan fingerprint density at radius 2 is 1.65 bits per heavy atom. The van der Waals surface area contributed by atoms with Crippen molar-refractivity contribution >= 4 is 28.7 Å². The molecule has 2 aliphatic rings. The molecular formula is C34H27N3O3. The number of hydrogen-bond acceptors (Lipinski definition) is 4. The molecule has 0 radical (unpaired) electrons. The highest BCUT2D eigenvalue weighted by Gasteiger charge is 2.36. The standard InChI is InChI=1S/C34H27N3O3/c1-21-9-7-11-23(19-21)34(38)36-29-17-18-30(35-24-12-8-13-25(20-24)37(39)40)33-31-22(2)10-3-4-16-28(32(29)33)26-14-5-6-15-27(26)31/h3-20,28,31,35H,2H2,1H3,(H,36,38)/b10-3-,16-4-. The van der Waals surface area contributed by atoms with Crippen LogP contribution in [0.4, 0.5) is 22.7 Å². The topological polar surface area (TPSA) is 84.3 Å². The van der Waals surface area contributed by atoms with E-state index in [0.717, 1.165) is 44.8 Å². The molecule has 6 nitrogen and oxygen atoms in total. The summed E-state index contributed by atoms with van der Waals surface area (Å²) < 4.78 is 0. The Morgan fingerprint density at radius 3 is 2.45 bits per heavy atom. The molecule has 4 aromatic rings. The first-order chi connectivity index (χ1) is 19.4. The molecule has 196 valence electrons. The van der Waals surface area contributed by atoms with E-state index in [9.17, 15) is 14.9 Å². The van der Waals surface area contributed by atoms with E-state index in [1.165, 1.54) is 12.1 Å². The number of nitro groups is 1. The van der Waals surface area contributed by atoms with Gasteiger partial charge in [0.25, 0.3) is 11.6 Å². The van der Waals surface area contributed by atoms with Gasteiger partial charge in [-0.2, -0.15) is 0 Å². The van der Waals surface area contributed by atoms with E-state index in [4.69, 9.17) is 0 Å². The SMILES string of the molecule is C=C1/C=C\C=C/C2c3ccccc3C1c1c(Nc3cccc([N+](=O)[O-])c3)ccc(NC(=O)c3cccc(C)c3)c12. The highest BCUT2D eigenvalue weighted by atomic mass is 16.6. The Morgan fingerprint density at radius 1 is 0.875 bits per heavy atom. The molecule has 40 heavy (non-hydrogen) atoms. The number of aryl methyl sites for hydroxylation is 1. The minimum absolute atomic E-state index is 0.00821. The number of fused-ring (bicyclic) bond motifs is 3. The summed E-state index contributed by atoms with van der Waals surface area (Å²) in [6.07, 6.45) is 8.18. The second kappa shape index (κ2) is 10.2. The number of benzene rings is 4. The van der Waals surface area contributed by atoms with Crippen LogP contribution in [0.3, 0.4) is 0 Å². The zero-order chi connectivity index (χ0) is 27.8.